The SMILES string of the molecule is C=CC1=C2C=CC(=C1)C2.O=S([O-])O. The summed E-state index contributed by atoms with van der Waals surface area (Å²) in [6.07, 6.45) is 9.60. The first-order chi connectivity index (χ1) is 6.13. The molecule has 0 heterocycles. The van der Waals surface area contributed by atoms with Gasteiger partial charge in [-0.3, -0.25) is 0 Å². The monoisotopic (exact) mass is 197 g/mol. The van der Waals surface area contributed by atoms with Crippen LogP contribution in [0.3, 0.4) is 0 Å². The second kappa shape index (κ2) is 4.32. The van der Waals surface area contributed by atoms with Gasteiger partial charge in [0.1, 0.15) is 0 Å². The van der Waals surface area contributed by atoms with Gasteiger partial charge in [0.2, 0.25) is 0 Å². The Morgan fingerprint density at radius 1 is 1.62 bits per heavy atom. The van der Waals surface area contributed by atoms with E-state index in [1.165, 1.54) is 16.7 Å². The topological polar surface area (TPSA) is 60.4 Å². The summed E-state index contributed by atoms with van der Waals surface area (Å²) >= 11 is -2.86. The minimum Gasteiger partial charge on any atom is -0.750 e. The largest absolute Gasteiger partial charge is 0.750 e. The van der Waals surface area contributed by atoms with Crippen molar-refractivity contribution in [1.29, 1.82) is 0 Å². The Morgan fingerprint density at radius 2 is 2.23 bits per heavy atom. The highest BCUT2D eigenvalue weighted by Gasteiger charge is 2.14. The summed E-state index contributed by atoms with van der Waals surface area (Å²) in [5, 5.41) is 0. The molecule has 0 aromatic rings. The quantitative estimate of drug-likeness (QED) is 0.651. The van der Waals surface area contributed by atoms with E-state index in [1.54, 1.807) is 0 Å². The molecule has 4 heteroatoms. The molecule has 1 N–H and O–H groups in total. The molecule has 70 valence electrons. The number of hydrogen-bond donors (Lipinski definition) is 1. The second-order valence-corrected chi connectivity index (χ2v) is 3.07. The Kier molecular flexibility index (Phi) is 3.36. The maximum Gasteiger partial charge on any atom is 0.0814 e. The van der Waals surface area contributed by atoms with E-state index >= 15 is 0 Å². The molecule has 0 aliphatic heterocycles. The van der Waals surface area contributed by atoms with Gasteiger partial charge < -0.3 is 9.11 Å². The van der Waals surface area contributed by atoms with Crippen LogP contribution in [-0.4, -0.2) is 13.3 Å². The predicted octanol–water partition coefficient (Wildman–Crippen LogP) is 1.71. The lowest BCUT2D eigenvalue weighted by atomic mass is 10.1. The van der Waals surface area contributed by atoms with Crippen LogP contribution < -0.4 is 0 Å². The fourth-order valence-electron chi connectivity index (χ4n) is 1.33. The summed E-state index contributed by atoms with van der Waals surface area (Å²) in [6, 6.07) is 0. The van der Waals surface area contributed by atoms with Gasteiger partial charge in [-0.15, -0.1) is 0 Å². The van der Waals surface area contributed by atoms with Gasteiger partial charge >= 0.3 is 0 Å². The molecule has 2 aliphatic rings. The lowest BCUT2D eigenvalue weighted by Crippen LogP contribution is -1.75. The van der Waals surface area contributed by atoms with Crippen LogP contribution in [0.2, 0.25) is 0 Å². The second-order valence-electron chi connectivity index (χ2n) is 2.63. The van der Waals surface area contributed by atoms with Gasteiger partial charge in [-0.25, -0.2) is 4.21 Å². The molecule has 1 unspecified atom stereocenters. The molecule has 2 aliphatic carbocycles. The molecule has 0 aromatic heterocycles. The summed E-state index contributed by atoms with van der Waals surface area (Å²) in [6.45, 7) is 3.73. The van der Waals surface area contributed by atoms with Crippen molar-refractivity contribution in [3.05, 3.63) is 47.6 Å². The van der Waals surface area contributed by atoms with Gasteiger partial charge in [0, 0.05) is 0 Å². The molecule has 0 saturated carbocycles. The Morgan fingerprint density at radius 3 is 2.46 bits per heavy atom. The summed E-state index contributed by atoms with van der Waals surface area (Å²) in [5.41, 5.74) is 4.17. The molecule has 0 spiro atoms. The highest BCUT2D eigenvalue weighted by atomic mass is 32.2. The van der Waals surface area contributed by atoms with Crippen LogP contribution in [0.1, 0.15) is 6.42 Å². The Balaban J connectivity index is 0.000000184. The lowest BCUT2D eigenvalue weighted by molar-refractivity contribution is 0.436. The zero-order valence-corrected chi connectivity index (χ0v) is 7.71. The van der Waals surface area contributed by atoms with E-state index in [2.05, 4.69) is 24.8 Å². The van der Waals surface area contributed by atoms with Crippen molar-refractivity contribution in [2.45, 2.75) is 6.42 Å². The first kappa shape index (κ1) is 10.1. The summed E-state index contributed by atoms with van der Waals surface area (Å²) in [4.78, 5) is 0. The Labute approximate surface area is 79.3 Å². The van der Waals surface area contributed by atoms with Crippen LogP contribution in [0.15, 0.2) is 47.6 Å². The molecule has 0 saturated heterocycles. The third-order valence-electron chi connectivity index (χ3n) is 1.82. The maximum atomic E-state index is 8.56. The van der Waals surface area contributed by atoms with E-state index in [0.717, 1.165) is 6.42 Å². The molecule has 0 fully saturated rings. The highest BCUT2D eigenvalue weighted by molar-refractivity contribution is 7.73. The fraction of sp³-hybridized carbons (Fsp3) is 0.111. The minimum atomic E-state index is -2.86. The first-order valence-corrected chi connectivity index (χ1v) is 4.69. The van der Waals surface area contributed by atoms with Crippen molar-refractivity contribution in [2.24, 2.45) is 0 Å². The van der Waals surface area contributed by atoms with E-state index in [9.17, 15) is 0 Å². The zero-order chi connectivity index (χ0) is 9.84. The molecular formula is C9H9O3S-. The summed E-state index contributed by atoms with van der Waals surface area (Å²) in [5.74, 6) is 0. The van der Waals surface area contributed by atoms with Gasteiger partial charge in [-0.1, -0.05) is 30.9 Å². The van der Waals surface area contributed by atoms with Crippen molar-refractivity contribution in [2.75, 3.05) is 0 Å². The number of allylic oxidation sites excluding steroid dienone is 7. The molecule has 2 rings (SSSR count). The fourth-order valence-corrected chi connectivity index (χ4v) is 1.33. The summed E-state index contributed by atoms with van der Waals surface area (Å²) in [7, 11) is 0. The average molecular weight is 197 g/mol. The van der Waals surface area contributed by atoms with E-state index in [4.69, 9.17) is 13.3 Å². The van der Waals surface area contributed by atoms with Crippen molar-refractivity contribution in [3.63, 3.8) is 0 Å². The zero-order valence-electron chi connectivity index (χ0n) is 6.90. The maximum absolute atomic E-state index is 8.56. The first-order valence-electron chi connectivity index (χ1n) is 3.66. The smallest absolute Gasteiger partial charge is 0.0814 e. The predicted molar refractivity (Wildman–Crippen MR) is 50.6 cm³/mol. The summed E-state index contributed by atoms with van der Waals surface area (Å²) < 4.78 is 24.1. The van der Waals surface area contributed by atoms with Gasteiger partial charge in [-0.2, -0.15) is 0 Å². The van der Waals surface area contributed by atoms with Crippen LogP contribution in [0, 0.1) is 0 Å². The van der Waals surface area contributed by atoms with Crippen LogP contribution in [0.5, 0.6) is 0 Å². The number of fused-ring (bicyclic) bond motifs is 2. The molecule has 0 aromatic carbocycles. The normalized spacial score (nSPS) is 19.4. The third-order valence-corrected chi connectivity index (χ3v) is 1.82. The van der Waals surface area contributed by atoms with E-state index in [0.29, 0.717) is 0 Å². The van der Waals surface area contributed by atoms with E-state index in [-0.39, 0.29) is 0 Å². The van der Waals surface area contributed by atoms with Crippen LogP contribution in [0.4, 0.5) is 0 Å². The molecule has 0 radical (unpaired) electrons. The molecule has 3 nitrogen and oxygen atoms in total. The van der Waals surface area contributed by atoms with E-state index < -0.39 is 11.4 Å². The van der Waals surface area contributed by atoms with Gasteiger partial charge in [0.15, 0.2) is 0 Å². The van der Waals surface area contributed by atoms with Crippen molar-refractivity contribution < 1.29 is 13.3 Å². The number of rotatable bonds is 1. The molecule has 2 bridgehead atoms. The third kappa shape index (κ3) is 2.77. The Bertz CT molecular complexity index is 333. The van der Waals surface area contributed by atoms with Crippen LogP contribution in [-0.2, 0) is 11.4 Å². The molecule has 13 heavy (non-hydrogen) atoms. The minimum absolute atomic E-state index is 1.14. The lowest BCUT2D eigenvalue weighted by Gasteiger charge is -1.91. The van der Waals surface area contributed by atoms with Crippen LogP contribution >= 0.6 is 0 Å². The van der Waals surface area contributed by atoms with Crippen molar-refractivity contribution in [3.8, 4) is 0 Å². The molecular weight excluding hydrogens is 188 g/mol. The van der Waals surface area contributed by atoms with Gasteiger partial charge in [0.25, 0.3) is 0 Å². The molecule has 1 atom stereocenters. The van der Waals surface area contributed by atoms with Gasteiger partial charge in [-0.05, 0) is 23.1 Å². The number of hydrogen-bond acceptors (Lipinski definition) is 2. The molecule has 0 amide bonds. The van der Waals surface area contributed by atoms with Crippen LogP contribution in [0.25, 0.3) is 0 Å². The van der Waals surface area contributed by atoms with E-state index in [1.807, 2.05) is 6.08 Å². The Hall–Kier alpha value is -0.970. The standard InChI is InChI=1S/C9H8.H2O3S/c1-2-8-5-7-3-4-9(8)6-7;1-4(2)3/h2-5H,1,6H2;(H2,1,2,3)/p-1. The average Bonchev–Trinajstić information content (AvgIpc) is 2.62. The highest BCUT2D eigenvalue weighted by Crippen LogP contribution is 2.33. The van der Waals surface area contributed by atoms with Crippen molar-refractivity contribution >= 4 is 11.4 Å². The van der Waals surface area contributed by atoms with Crippen molar-refractivity contribution in [1.82, 2.24) is 0 Å². The van der Waals surface area contributed by atoms with Gasteiger partial charge in [0.05, 0.1) is 11.4 Å².